The SMILES string of the molecule is C=C1C2C(OC3CC(=O)OC4(C)COC(=O)CC4C32C)C(OC=O)C2(C)C(c3ccoc3)CC3OC132. The van der Waals surface area contributed by atoms with E-state index in [4.69, 9.17) is 28.1 Å². The van der Waals surface area contributed by atoms with Crippen molar-refractivity contribution in [1.29, 1.82) is 0 Å². The first kappa shape index (κ1) is 22.5. The zero-order valence-corrected chi connectivity index (χ0v) is 20.6. The van der Waals surface area contributed by atoms with E-state index in [1.807, 2.05) is 13.0 Å². The summed E-state index contributed by atoms with van der Waals surface area (Å²) in [6, 6.07) is 1.94. The quantitative estimate of drug-likeness (QED) is 0.204. The molecule has 7 rings (SSSR count). The Bertz CT molecular complexity index is 1180. The second-order valence-electron chi connectivity index (χ2n) is 12.0. The van der Waals surface area contributed by atoms with Crippen LogP contribution in [-0.2, 0) is 38.1 Å². The van der Waals surface area contributed by atoms with E-state index in [1.165, 1.54) is 0 Å². The van der Waals surface area contributed by atoms with Gasteiger partial charge in [0.15, 0.2) is 0 Å². The van der Waals surface area contributed by atoms with E-state index in [0.717, 1.165) is 17.6 Å². The number of furan rings is 1. The Morgan fingerprint density at radius 1 is 1.14 bits per heavy atom. The van der Waals surface area contributed by atoms with Gasteiger partial charge in [0.1, 0.15) is 30.0 Å². The Morgan fingerprint density at radius 3 is 2.67 bits per heavy atom. The summed E-state index contributed by atoms with van der Waals surface area (Å²) < 4.78 is 35.7. The van der Waals surface area contributed by atoms with Crippen LogP contribution in [0.3, 0.4) is 0 Å². The summed E-state index contributed by atoms with van der Waals surface area (Å²) in [4.78, 5) is 37.4. The van der Waals surface area contributed by atoms with Crippen LogP contribution in [0.15, 0.2) is 35.2 Å². The van der Waals surface area contributed by atoms with Gasteiger partial charge in [0.2, 0.25) is 0 Å². The van der Waals surface area contributed by atoms with E-state index in [1.54, 1.807) is 12.5 Å². The van der Waals surface area contributed by atoms with Gasteiger partial charge in [0.25, 0.3) is 6.47 Å². The number of hydrogen-bond acceptors (Lipinski definition) is 9. The molecular formula is C27H30O9. The third-order valence-corrected chi connectivity index (χ3v) is 10.7. The molecule has 1 aromatic rings. The van der Waals surface area contributed by atoms with Crippen molar-refractivity contribution in [3.8, 4) is 0 Å². The first-order chi connectivity index (χ1) is 17.1. The lowest BCUT2D eigenvalue weighted by Crippen LogP contribution is -2.64. The van der Waals surface area contributed by atoms with Crippen molar-refractivity contribution in [2.75, 3.05) is 6.61 Å². The molecule has 5 heterocycles. The molecule has 1 aromatic heterocycles. The predicted octanol–water partition coefficient (Wildman–Crippen LogP) is 2.68. The maximum absolute atomic E-state index is 13.0. The van der Waals surface area contributed by atoms with Crippen LogP contribution in [0.25, 0.3) is 0 Å². The first-order valence-corrected chi connectivity index (χ1v) is 12.6. The number of rotatable bonds is 3. The fourth-order valence-electron chi connectivity index (χ4n) is 9.14. The topological polar surface area (TPSA) is 114 Å². The van der Waals surface area contributed by atoms with Crippen molar-refractivity contribution in [2.24, 2.45) is 22.7 Å². The lowest BCUT2D eigenvalue weighted by molar-refractivity contribution is -0.199. The van der Waals surface area contributed by atoms with Crippen molar-refractivity contribution < 1.29 is 42.5 Å². The summed E-state index contributed by atoms with van der Waals surface area (Å²) in [6.07, 6.45) is 2.41. The number of cyclic esters (lactones) is 1. The summed E-state index contributed by atoms with van der Waals surface area (Å²) in [5, 5.41) is 0. The minimum atomic E-state index is -0.995. The zero-order chi connectivity index (χ0) is 25.3. The van der Waals surface area contributed by atoms with Crippen LogP contribution < -0.4 is 0 Å². The van der Waals surface area contributed by atoms with Crippen LogP contribution in [0.2, 0.25) is 0 Å². The number of carbonyl (C=O) groups excluding carboxylic acids is 3. The first-order valence-electron chi connectivity index (χ1n) is 12.6. The molecule has 0 radical (unpaired) electrons. The third-order valence-electron chi connectivity index (χ3n) is 10.7. The molecule has 0 amide bonds. The second kappa shape index (κ2) is 6.81. The van der Waals surface area contributed by atoms with Crippen molar-refractivity contribution in [1.82, 2.24) is 0 Å². The van der Waals surface area contributed by atoms with Gasteiger partial charge < -0.3 is 28.1 Å². The highest BCUT2D eigenvalue weighted by molar-refractivity contribution is 5.74. The lowest BCUT2D eigenvalue weighted by Gasteiger charge is -2.55. The maximum Gasteiger partial charge on any atom is 0.309 e. The van der Waals surface area contributed by atoms with Crippen LogP contribution >= 0.6 is 0 Å². The van der Waals surface area contributed by atoms with Gasteiger partial charge in [-0.25, -0.2) is 0 Å². The standard InChI is InChI=1S/C27H30O9/c1-13-21-22(34-17-9-20(30)36-24(2)11-32-19(29)8-16(24)25(17,21)3)23(33-12-28)26(4)15(14-5-6-31-10-14)7-18-27(13,26)35-18/h5-6,10,12,15-18,21-23H,1,7-9,11H2,2-4H3. The highest BCUT2D eigenvalue weighted by Gasteiger charge is 2.85. The molecule has 4 saturated heterocycles. The van der Waals surface area contributed by atoms with Crippen LogP contribution in [-0.4, -0.2) is 60.6 Å². The molecule has 192 valence electrons. The number of ether oxygens (including phenoxy) is 5. The minimum Gasteiger partial charge on any atom is -0.472 e. The number of epoxide rings is 1. The Balaban J connectivity index is 1.39. The summed E-state index contributed by atoms with van der Waals surface area (Å²) in [5.41, 5.74) is -1.16. The molecule has 9 heteroatoms. The highest BCUT2D eigenvalue weighted by atomic mass is 16.6. The average molecular weight is 499 g/mol. The molecule has 2 saturated carbocycles. The average Bonchev–Trinajstić information content (AvgIpc) is 3.10. The van der Waals surface area contributed by atoms with Crippen molar-refractivity contribution in [3.05, 3.63) is 36.3 Å². The van der Waals surface area contributed by atoms with Gasteiger partial charge >= 0.3 is 11.9 Å². The minimum absolute atomic E-state index is 0.000601. The molecule has 0 N–H and O–H groups in total. The molecular weight excluding hydrogens is 468 g/mol. The highest BCUT2D eigenvalue weighted by Crippen LogP contribution is 2.78. The van der Waals surface area contributed by atoms with E-state index >= 15 is 0 Å². The van der Waals surface area contributed by atoms with Gasteiger partial charge in [0.05, 0.1) is 37.6 Å². The van der Waals surface area contributed by atoms with E-state index in [0.29, 0.717) is 6.47 Å². The monoisotopic (exact) mass is 498 g/mol. The van der Waals surface area contributed by atoms with Gasteiger partial charge in [-0.3, -0.25) is 14.4 Å². The molecule has 0 aromatic carbocycles. The van der Waals surface area contributed by atoms with Crippen molar-refractivity contribution in [2.45, 2.75) is 81.6 Å². The summed E-state index contributed by atoms with van der Waals surface area (Å²) in [6.45, 7) is 11.1. The molecule has 6 aliphatic rings. The van der Waals surface area contributed by atoms with Gasteiger partial charge in [-0.2, -0.15) is 0 Å². The molecule has 11 atom stereocenters. The molecule has 9 nitrogen and oxygen atoms in total. The molecule has 1 spiro atoms. The normalized spacial score (nSPS) is 52.5. The Hall–Kier alpha value is -2.65. The molecule has 11 unspecified atom stereocenters. The Morgan fingerprint density at radius 2 is 1.94 bits per heavy atom. The smallest absolute Gasteiger partial charge is 0.309 e. The van der Waals surface area contributed by atoms with Crippen LogP contribution in [0.4, 0.5) is 0 Å². The largest absolute Gasteiger partial charge is 0.472 e. The number of hydrogen-bond donors (Lipinski definition) is 0. The number of carbonyl (C=O) groups is 3. The van der Waals surface area contributed by atoms with E-state index in [-0.39, 0.29) is 49.3 Å². The van der Waals surface area contributed by atoms with Gasteiger partial charge in [0, 0.05) is 28.6 Å². The van der Waals surface area contributed by atoms with Crippen LogP contribution in [0.5, 0.6) is 0 Å². The third kappa shape index (κ3) is 2.37. The van der Waals surface area contributed by atoms with Gasteiger partial charge in [-0.15, -0.1) is 0 Å². The van der Waals surface area contributed by atoms with Gasteiger partial charge in [-0.1, -0.05) is 20.4 Å². The summed E-state index contributed by atoms with van der Waals surface area (Å²) in [5.74, 6) is -1.41. The number of esters is 2. The molecule has 6 fully saturated rings. The maximum atomic E-state index is 13.0. The lowest BCUT2D eigenvalue weighted by atomic mass is 9.49. The van der Waals surface area contributed by atoms with E-state index in [2.05, 4.69) is 20.4 Å². The molecule has 4 aliphatic heterocycles. The van der Waals surface area contributed by atoms with Crippen molar-refractivity contribution >= 4 is 18.4 Å². The zero-order valence-electron chi connectivity index (χ0n) is 20.6. The fraction of sp³-hybridized carbons (Fsp3) is 0.667. The Labute approximate surface area is 208 Å². The van der Waals surface area contributed by atoms with Crippen LogP contribution in [0.1, 0.15) is 51.5 Å². The molecule has 2 aliphatic carbocycles. The van der Waals surface area contributed by atoms with E-state index in [9.17, 15) is 14.4 Å². The molecule has 0 bridgehead atoms. The second-order valence-corrected chi connectivity index (χ2v) is 12.0. The fourth-order valence-corrected chi connectivity index (χ4v) is 9.14. The summed E-state index contributed by atoms with van der Waals surface area (Å²) in [7, 11) is 0. The van der Waals surface area contributed by atoms with E-state index < -0.39 is 46.3 Å². The molecule has 36 heavy (non-hydrogen) atoms. The summed E-state index contributed by atoms with van der Waals surface area (Å²) >= 11 is 0. The predicted molar refractivity (Wildman–Crippen MR) is 120 cm³/mol. The van der Waals surface area contributed by atoms with Crippen molar-refractivity contribution in [3.63, 3.8) is 0 Å². The Kier molecular flexibility index (Phi) is 4.26. The van der Waals surface area contributed by atoms with Gasteiger partial charge in [-0.05, 0) is 30.5 Å². The van der Waals surface area contributed by atoms with Crippen LogP contribution in [0, 0.1) is 22.7 Å². The number of fused-ring (bicyclic) bond motifs is 5.